The predicted octanol–water partition coefficient (Wildman–Crippen LogP) is 3.38. The van der Waals surface area contributed by atoms with E-state index in [-0.39, 0.29) is 0 Å². The highest BCUT2D eigenvalue weighted by atomic mass is 35.5. The van der Waals surface area contributed by atoms with E-state index in [1.165, 1.54) is 0 Å². The molecule has 4 heteroatoms. The molecule has 1 heterocycles. The van der Waals surface area contributed by atoms with E-state index in [0.29, 0.717) is 11.6 Å². The summed E-state index contributed by atoms with van der Waals surface area (Å²) in [4.78, 5) is 5.07. The summed E-state index contributed by atoms with van der Waals surface area (Å²) < 4.78 is 5.52. The van der Waals surface area contributed by atoms with E-state index in [2.05, 4.69) is 4.98 Å². The van der Waals surface area contributed by atoms with Crippen molar-refractivity contribution in [1.82, 2.24) is 4.98 Å². The van der Waals surface area contributed by atoms with Crippen LogP contribution >= 0.6 is 22.9 Å². The third-order valence-corrected chi connectivity index (χ3v) is 2.65. The Labute approximate surface area is 91.1 Å². The van der Waals surface area contributed by atoms with E-state index < -0.39 is 0 Å². The van der Waals surface area contributed by atoms with E-state index in [1.54, 1.807) is 29.1 Å². The number of nitrogens with zero attached hydrogens (tertiary/aromatic N) is 1. The minimum absolute atomic E-state index is 0.547. The zero-order valence-corrected chi connectivity index (χ0v) is 8.89. The van der Waals surface area contributed by atoms with Crippen molar-refractivity contribution in [2.24, 2.45) is 0 Å². The van der Waals surface area contributed by atoms with Gasteiger partial charge in [-0.05, 0) is 18.2 Å². The fraction of sp³-hybridized carbons (Fsp3) is 0.100. The quantitative estimate of drug-likeness (QED) is 0.799. The second kappa shape index (κ2) is 4.44. The molecule has 0 aliphatic heterocycles. The van der Waals surface area contributed by atoms with Gasteiger partial charge < -0.3 is 4.74 Å². The Morgan fingerprint density at radius 1 is 1.43 bits per heavy atom. The van der Waals surface area contributed by atoms with Crippen molar-refractivity contribution in [2.75, 3.05) is 0 Å². The number of aromatic nitrogens is 1. The molecule has 0 aliphatic rings. The summed E-state index contributed by atoms with van der Waals surface area (Å²) in [7, 11) is 0. The number of hydrogen-bond acceptors (Lipinski definition) is 3. The molecule has 2 nitrogen and oxygen atoms in total. The van der Waals surface area contributed by atoms with E-state index in [4.69, 9.17) is 16.3 Å². The molecule has 2 aromatic rings. The molecule has 0 unspecified atom stereocenters. The van der Waals surface area contributed by atoms with Crippen molar-refractivity contribution in [1.29, 1.82) is 0 Å². The first-order valence-corrected chi connectivity index (χ1v) is 5.36. The molecule has 0 aliphatic carbocycles. The van der Waals surface area contributed by atoms with Crippen LogP contribution in [-0.2, 0) is 6.61 Å². The minimum Gasteiger partial charge on any atom is -0.488 e. The number of hydrogen-bond donors (Lipinski definition) is 0. The smallest absolute Gasteiger partial charge is 0.124 e. The fourth-order valence-corrected chi connectivity index (χ4v) is 1.71. The molecule has 0 atom stereocenters. The van der Waals surface area contributed by atoms with Gasteiger partial charge in [-0.15, -0.1) is 11.3 Å². The molecular formula is C10H8ClNOS. The van der Waals surface area contributed by atoms with Gasteiger partial charge in [-0.3, -0.25) is 4.98 Å². The Bertz CT molecular complexity index is 402. The van der Waals surface area contributed by atoms with Gasteiger partial charge in [0.1, 0.15) is 12.4 Å². The van der Waals surface area contributed by atoms with Gasteiger partial charge in [0.15, 0.2) is 0 Å². The first-order chi connectivity index (χ1) is 6.84. The first kappa shape index (κ1) is 9.49. The molecule has 0 N–H and O–H groups in total. The second-order valence-corrected chi connectivity index (χ2v) is 4.12. The lowest BCUT2D eigenvalue weighted by Gasteiger charge is -2.03. The normalized spacial score (nSPS) is 10.1. The summed E-state index contributed by atoms with van der Waals surface area (Å²) in [6, 6.07) is 7.36. The molecule has 0 radical (unpaired) electrons. The fourth-order valence-electron chi connectivity index (χ4n) is 1.02. The van der Waals surface area contributed by atoms with Crippen molar-refractivity contribution in [3.8, 4) is 5.75 Å². The molecule has 0 spiro atoms. The van der Waals surface area contributed by atoms with Crippen LogP contribution in [0.4, 0.5) is 0 Å². The van der Waals surface area contributed by atoms with Crippen molar-refractivity contribution in [3.05, 3.63) is 45.9 Å². The Kier molecular flexibility index (Phi) is 3.01. The lowest BCUT2D eigenvalue weighted by Crippen LogP contribution is -1.92. The highest BCUT2D eigenvalue weighted by Crippen LogP contribution is 2.18. The average Bonchev–Trinajstić information content (AvgIpc) is 2.67. The van der Waals surface area contributed by atoms with Crippen LogP contribution in [0.15, 0.2) is 36.0 Å². The maximum Gasteiger partial charge on any atom is 0.124 e. The van der Waals surface area contributed by atoms with Crippen LogP contribution in [0.3, 0.4) is 0 Å². The first-order valence-electron chi connectivity index (χ1n) is 4.10. The Morgan fingerprint density at radius 2 is 2.36 bits per heavy atom. The van der Waals surface area contributed by atoms with Gasteiger partial charge in [0.2, 0.25) is 0 Å². The molecule has 1 aromatic carbocycles. The standard InChI is InChI=1S/C10H8ClNOS/c11-8-2-1-3-9(4-8)13-6-10-5-12-7-14-10/h1-5,7H,6H2. The maximum atomic E-state index is 5.82. The minimum atomic E-state index is 0.547. The average molecular weight is 226 g/mol. The van der Waals surface area contributed by atoms with Gasteiger partial charge in [0.25, 0.3) is 0 Å². The topological polar surface area (TPSA) is 22.1 Å². The molecule has 0 amide bonds. The van der Waals surface area contributed by atoms with Gasteiger partial charge in [-0.25, -0.2) is 0 Å². The lowest BCUT2D eigenvalue weighted by molar-refractivity contribution is 0.309. The molecule has 14 heavy (non-hydrogen) atoms. The summed E-state index contributed by atoms with van der Waals surface area (Å²) in [5, 5.41) is 0.687. The van der Waals surface area contributed by atoms with Gasteiger partial charge >= 0.3 is 0 Å². The number of benzene rings is 1. The molecular weight excluding hydrogens is 218 g/mol. The molecule has 0 saturated heterocycles. The summed E-state index contributed by atoms with van der Waals surface area (Å²) in [6.45, 7) is 0.547. The van der Waals surface area contributed by atoms with Crippen molar-refractivity contribution < 1.29 is 4.74 Å². The Morgan fingerprint density at radius 3 is 3.07 bits per heavy atom. The maximum absolute atomic E-state index is 5.82. The molecule has 0 fully saturated rings. The van der Waals surface area contributed by atoms with Crippen LogP contribution in [0.5, 0.6) is 5.75 Å². The molecule has 0 saturated carbocycles. The van der Waals surface area contributed by atoms with Crippen LogP contribution in [0.25, 0.3) is 0 Å². The third kappa shape index (κ3) is 2.47. The summed E-state index contributed by atoms with van der Waals surface area (Å²) in [6.07, 6.45) is 1.80. The highest BCUT2D eigenvalue weighted by Gasteiger charge is 1.97. The van der Waals surface area contributed by atoms with Crippen LogP contribution in [-0.4, -0.2) is 4.98 Å². The zero-order valence-electron chi connectivity index (χ0n) is 7.31. The van der Waals surface area contributed by atoms with Gasteiger partial charge in [-0.1, -0.05) is 17.7 Å². The highest BCUT2D eigenvalue weighted by molar-refractivity contribution is 7.09. The number of thiazole rings is 1. The molecule has 72 valence electrons. The van der Waals surface area contributed by atoms with Crippen molar-refractivity contribution in [3.63, 3.8) is 0 Å². The Balaban J connectivity index is 1.98. The molecule has 1 aromatic heterocycles. The van der Waals surface area contributed by atoms with Gasteiger partial charge in [0, 0.05) is 11.2 Å². The molecule has 0 bridgehead atoms. The van der Waals surface area contributed by atoms with E-state index in [1.807, 2.05) is 18.2 Å². The lowest BCUT2D eigenvalue weighted by atomic mass is 10.3. The monoisotopic (exact) mass is 225 g/mol. The van der Waals surface area contributed by atoms with E-state index >= 15 is 0 Å². The Hall–Kier alpha value is -1.06. The van der Waals surface area contributed by atoms with Crippen molar-refractivity contribution in [2.45, 2.75) is 6.61 Å². The van der Waals surface area contributed by atoms with Gasteiger partial charge in [0.05, 0.1) is 10.4 Å². The van der Waals surface area contributed by atoms with Crippen molar-refractivity contribution >= 4 is 22.9 Å². The van der Waals surface area contributed by atoms with Crippen LogP contribution in [0, 0.1) is 0 Å². The van der Waals surface area contributed by atoms with Crippen LogP contribution in [0.1, 0.15) is 4.88 Å². The second-order valence-electron chi connectivity index (χ2n) is 2.71. The number of ether oxygens (including phenoxy) is 1. The van der Waals surface area contributed by atoms with E-state index in [0.717, 1.165) is 10.6 Å². The third-order valence-electron chi connectivity index (χ3n) is 1.66. The summed E-state index contributed by atoms with van der Waals surface area (Å²) in [5.74, 6) is 0.783. The summed E-state index contributed by atoms with van der Waals surface area (Å²) >= 11 is 7.39. The summed E-state index contributed by atoms with van der Waals surface area (Å²) in [5.41, 5.74) is 1.79. The number of halogens is 1. The SMILES string of the molecule is Clc1cccc(OCc2cncs2)c1. The predicted molar refractivity (Wildman–Crippen MR) is 57.9 cm³/mol. The van der Waals surface area contributed by atoms with Crippen LogP contribution in [0.2, 0.25) is 5.02 Å². The van der Waals surface area contributed by atoms with Crippen LogP contribution < -0.4 is 4.74 Å². The molecule has 2 rings (SSSR count). The largest absolute Gasteiger partial charge is 0.488 e. The van der Waals surface area contributed by atoms with E-state index in [9.17, 15) is 0 Å². The zero-order chi connectivity index (χ0) is 9.80. The number of rotatable bonds is 3. The van der Waals surface area contributed by atoms with Gasteiger partial charge in [-0.2, -0.15) is 0 Å².